The minimum absolute atomic E-state index is 0.911. The first-order chi connectivity index (χ1) is 9.90. The number of hydrogen-bond acceptors (Lipinski definition) is 3. The van der Waals surface area contributed by atoms with Crippen LogP contribution in [0.25, 0.3) is 0 Å². The van der Waals surface area contributed by atoms with Crippen LogP contribution in [-0.4, -0.2) is 62.3 Å². The van der Waals surface area contributed by atoms with Gasteiger partial charge in [0.05, 0.1) is 13.2 Å². The smallest absolute Gasteiger partial charge is 0.0594 e. The van der Waals surface area contributed by atoms with Crippen LogP contribution in [-0.2, 0) is 4.74 Å². The normalized spacial score (nSPS) is 41.2. The summed E-state index contributed by atoms with van der Waals surface area (Å²) in [6, 6.07) is 0. The number of nitrogens with zero attached hydrogens (tertiary/aromatic N) is 2. The third kappa shape index (κ3) is 2.56. The number of hydrogen-bond donors (Lipinski definition) is 0. The van der Waals surface area contributed by atoms with E-state index in [2.05, 4.69) is 22.0 Å². The lowest BCUT2D eigenvalue weighted by molar-refractivity contribution is 0.0363. The third-order valence-electron chi connectivity index (χ3n) is 6.08. The third-order valence-corrected chi connectivity index (χ3v) is 6.08. The average molecular weight is 276 g/mol. The molecule has 2 saturated heterocycles. The first-order valence-corrected chi connectivity index (χ1v) is 8.61. The summed E-state index contributed by atoms with van der Waals surface area (Å²) >= 11 is 0. The minimum Gasteiger partial charge on any atom is -0.379 e. The van der Waals surface area contributed by atoms with Crippen LogP contribution in [0.5, 0.6) is 0 Å². The van der Waals surface area contributed by atoms with Gasteiger partial charge in [0.2, 0.25) is 0 Å². The molecular weight excluding hydrogens is 248 g/mol. The summed E-state index contributed by atoms with van der Waals surface area (Å²) in [6.07, 6.45) is 9.33. The molecule has 2 aliphatic heterocycles. The lowest BCUT2D eigenvalue weighted by Crippen LogP contribution is -2.38. The monoisotopic (exact) mass is 276 g/mol. The van der Waals surface area contributed by atoms with Gasteiger partial charge in [0.15, 0.2) is 0 Å². The molecule has 0 amide bonds. The molecule has 3 nitrogen and oxygen atoms in total. The van der Waals surface area contributed by atoms with Crippen LogP contribution < -0.4 is 0 Å². The molecule has 3 heteroatoms. The zero-order valence-electron chi connectivity index (χ0n) is 12.5. The van der Waals surface area contributed by atoms with Gasteiger partial charge in [-0.05, 0) is 56.0 Å². The summed E-state index contributed by atoms with van der Waals surface area (Å²) in [5.41, 5.74) is 0. The Kier molecular flexibility index (Phi) is 3.84. The van der Waals surface area contributed by atoms with Crippen LogP contribution in [0.3, 0.4) is 0 Å². The van der Waals surface area contributed by atoms with E-state index >= 15 is 0 Å². The Labute approximate surface area is 122 Å². The Balaban J connectivity index is 1.23. The van der Waals surface area contributed by atoms with Crippen molar-refractivity contribution in [1.82, 2.24) is 9.80 Å². The van der Waals surface area contributed by atoms with Crippen LogP contribution >= 0.6 is 0 Å². The molecule has 5 aliphatic rings. The second kappa shape index (κ2) is 5.78. The van der Waals surface area contributed by atoms with Crippen molar-refractivity contribution < 1.29 is 4.74 Å². The number of likely N-dealkylation sites (tertiary alicyclic amines) is 1. The maximum absolute atomic E-state index is 5.42. The van der Waals surface area contributed by atoms with Crippen molar-refractivity contribution >= 4 is 0 Å². The van der Waals surface area contributed by atoms with Gasteiger partial charge in [-0.2, -0.15) is 0 Å². The summed E-state index contributed by atoms with van der Waals surface area (Å²) in [5, 5.41) is 0. The SMILES string of the molecule is C1=C[C@H]2CC[C@H]1[C@H]1CN(CCCN3CCOCC3)C[C@@H]12. The van der Waals surface area contributed by atoms with Crippen molar-refractivity contribution in [1.29, 1.82) is 0 Å². The van der Waals surface area contributed by atoms with E-state index in [1.165, 1.54) is 45.4 Å². The van der Waals surface area contributed by atoms with Gasteiger partial charge in [-0.25, -0.2) is 0 Å². The molecule has 2 bridgehead atoms. The van der Waals surface area contributed by atoms with Crippen molar-refractivity contribution in [3.05, 3.63) is 12.2 Å². The maximum atomic E-state index is 5.42. The lowest BCUT2D eigenvalue weighted by Gasteiger charge is -2.40. The van der Waals surface area contributed by atoms with Crippen molar-refractivity contribution in [3.8, 4) is 0 Å². The number of fused-ring (bicyclic) bond motifs is 1. The van der Waals surface area contributed by atoms with Crippen LogP contribution in [0, 0.1) is 23.7 Å². The van der Waals surface area contributed by atoms with Crippen LogP contribution in [0.4, 0.5) is 0 Å². The van der Waals surface area contributed by atoms with Gasteiger partial charge in [0, 0.05) is 26.2 Å². The van der Waals surface area contributed by atoms with E-state index < -0.39 is 0 Å². The van der Waals surface area contributed by atoms with Gasteiger partial charge in [-0.1, -0.05) is 12.2 Å². The van der Waals surface area contributed by atoms with E-state index in [0.717, 1.165) is 50.0 Å². The summed E-state index contributed by atoms with van der Waals surface area (Å²) in [7, 11) is 0. The highest BCUT2D eigenvalue weighted by Gasteiger charge is 2.45. The molecule has 0 radical (unpaired) electrons. The van der Waals surface area contributed by atoms with Gasteiger partial charge in [-0.15, -0.1) is 0 Å². The lowest BCUT2D eigenvalue weighted by atomic mass is 9.64. The molecule has 0 N–H and O–H groups in total. The second-order valence-electron chi connectivity index (χ2n) is 7.18. The molecule has 5 rings (SSSR count). The predicted molar refractivity (Wildman–Crippen MR) is 80.7 cm³/mol. The maximum Gasteiger partial charge on any atom is 0.0594 e. The second-order valence-corrected chi connectivity index (χ2v) is 7.18. The number of morpholine rings is 1. The number of allylic oxidation sites excluding steroid dienone is 2. The van der Waals surface area contributed by atoms with Crippen molar-refractivity contribution in [3.63, 3.8) is 0 Å². The predicted octanol–water partition coefficient (Wildman–Crippen LogP) is 1.85. The number of ether oxygens (including phenoxy) is 1. The van der Waals surface area contributed by atoms with Gasteiger partial charge in [-0.3, -0.25) is 4.90 Å². The summed E-state index contributed by atoms with van der Waals surface area (Å²) in [4.78, 5) is 5.33. The van der Waals surface area contributed by atoms with E-state index in [-0.39, 0.29) is 0 Å². The topological polar surface area (TPSA) is 15.7 Å². The van der Waals surface area contributed by atoms with Crippen LogP contribution in [0.15, 0.2) is 12.2 Å². The van der Waals surface area contributed by atoms with Gasteiger partial charge in [0.25, 0.3) is 0 Å². The number of rotatable bonds is 4. The molecule has 0 aromatic heterocycles. The van der Waals surface area contributed by atoms with Crippen molar-refractivity contribution in [2.45, 2.75) is 19.3 Å². The average Bonchev–Trinajstić information content (AvgIpc) is 2.95. The highest BCUT2D eigenvalue weighted by Crippen LogP contribution is 2.48. The van der Waals surface area contributed by atoms with Gasteiger partial charge in [0.1, 0.15) is 0 Å². The first-order valence-electron chi connectivity index (χ1n) is 8.61. The standard InChI is InChI=1S/C17H28N2O/c1(6-18-8-10-20-11-9-18)7-19-12-16-14-2-3-15(5-4-14)17(16)13-19/h2-3,14-17H,1,4-13H2/t14-,15-,16+,17+/m0/s1. The van der Waals surface area contributed by atoms with E-state index in [4.69, 9.17) is 4.74 Å². The fraction of sp³-hybridized carbons (Fsp3) is 0.882. The van der Waals surface area contributed by atoms with Crippen molar-refractivity contribution in [2.24, 2.45) is 23.7 Å². The molecule has 0 unspecified atom stereocenters. The molecule has 3 aliphatic carbocycles. The zero-order valence-corrected chi connectivity index (χ0v) is 12.5. The molecule has 112 valence electrons. The Morgan fingerprint density at radius 1 is 0.850 bits per heavy atom. The van der Waals surface area contributed by atoms with E-state index in [1.54, 1.807) is 0 Å². The first kappa shape index (κ1) is 13.3. The van der Waals surface area contributed by atoms with Gasteiger partial charge >= 0.3 is 0 Å². The van der Waals surface area contributed by atoms with E-state index in [9.17, 15) is 0 Å². The minimum atomic E-state index is 0.911. The molecule has 0 spiro atoms. The molecule has 20 heavy (non-hydrogen) atoms. The Hall–Kier alpha value is -0.380. The van der Waals surface area contributed by atoms with Gasteiger partial charge < -0.3 is 9.64 Å². The highest BCUT2D eigenvalue weighted by atomic mass is 16.5. The fourth-order valence-electron chi connectivity index (χ4n) is 4.95. The summed E-state index contributed by atoms with van der Waals surface area (Å²) in [6.45, 7) is 9.47. The molecule has 0 aromatic carbocycles. The van der Waals surface area contributed by atoms with E-state index in [0.29, 0.717) is 0 Å². The summed E-state index contributed by atoms with van der Waals surface area (Å²) in [5.74, 6) is 3.80. The van der Waals surface area contributed by atoms with Crippen LogP contribution in [0.1, 0.15) is 19.3 Å². The largest absolute Gasteiger partial charge is 0.379 e. The quantitative estimate of drug-likeness (QED) is 0.729. The zero-order chi connectivity index (χ0) is 13.4. The van der Waals surface area contributed by atoms with Crippen LogP contribution in [0.2, 0.25) is 0 Å². The molecule has 1 saturated carbocycles. The highest BCUT2D eigenvalue weighted by molar-refractivity contribution is 5.12. The molecular formula is C17H28N2O. The summed E-state index contributed by atoms with van der Waals surface area (Å²) < 4.78 is 5.42. The van der Waals surface area contributed by atoms with E-state index in [1.807, 2.05) is 0 Å². The Morgan fingerprint density at radius 3 is 2.05 bits per heavy atom. The Morgan fingerprint density at radius 2 is 1.45 bits per heavy atom. The molecule has 4 atom stereocenters. The molecule has 2 heterocycles. The van der Waals surface area contributed by atoms with Crippen molar-refractivity contribution in [2.75, 3.05) is 52.5 Å². The molecule has 3 fully saturated rings. The fourth-order valence-corrected chi connectivity index (χ4v) is 4.95. The Bertz CT molecular complexity index is 342. The molecule has 0 aromatic rings.